The van der Waals surface area contributed by atoms with Gasteiger partial charge in [0.05, 0.1) is 12.2 Å². The molecule has 1 N–H and O–H groups in total. The highest BCUT2D eigenvalue weighted by Gasteiger charge is 2.22. The maximum absolute atomic E-state index is 5.99. The SMILES string of the molecule is Clc1ccc(Br)c(NCC2Cc3ccccc3O2)c1. The highest BCUT2D eigenvalue weighted by Crippen LogP contribution is 2.30. The van der Waals surface area contributed by atoms with Gasteiger partial charge >= 0.3 is 0 Å². The van der Waals surface area contributed by atoms with Crippen molar-refractivity contribution >= 4 is 33.2 Å². The molecule has 2 nitrogen and oxygen atoms in total. The molecule has 0 aromatic heterocycles. The average molecular weight is 339 g/mol. The standard InChI is InChI=1S/C15H13BrClNO/c16-13-6-5-11(17)8-14(13)18-9-12-7-10-3-1-2-4-15(10)19-12/h1-6,8,12,18H,7,9H2. The fourth-order valence-corrected chi connectivity index (χ4v) is 2.78. The van der Waals surface area contributed by atoms with Gasteiger partial charge in [-0.25, -0.2) is 0 Å². The summed E-state index contributed by atoms with van der Waals surface area (Å²) in [5.74, 6) is 0.999. The van der Waals surface area contributed by atoms with Crippen LogP contribution in [0, 0.1) is 0 Å². The summed E-state index contributed by atoms with van der Waals surface area (Å²) in [6.45, 7) is 0.758. The zero-order valence-electron chi connectivity index (χ0n) is 10.2. The third kappa shape index (κ3) is 2.88. The first kappa shape index (κ1) is 12.8. The van der Waals surface area contributed by atoms with Crippen molar-refractivity contribution in [2.45, 2.75) is 12.5 Å². The molecule has 0 aliphatic carbocycles. The third-order valence-electron chi connectivity index (χ3n) is 3.16. The normalized spacial score (nSPS) is 16.8. The van der Waals surface area contributed by atoms with Crippen molar-refractivity contribution in [2.75, 3.05) is 11.9 Å². The van der Waals surface area contributed by atoms with E-state index in [9.17, 15) is 0 Å². The van der Waals surface area contributed by atoms with E-state index in [1.54, 1.807) is 0 Å². The Labute approximate surface area is 125 Å². The Hall–Kier alpha value is -1.19. The second-order valence-corrected chi connectivity index (χ2v) is 5.85. The highest BCUT2D eigenvalue weighted by atomic mass is 79.9. The Morgan fingerprint density at radius 2 is 2.11 bits per heavy atom. The van der Waals surface area contributed by atoms with E-state index in [0.717, 1.165) is 33.9 Å². The van der Waals surface area contributed by atoms with Gasteiger partial charge in [0.25, 0.3) is 0 Å². The van der Waals surface area contributed by atoms with Gasteiger partial charge in [-0.2, -0.15) is 0 Å². The van der Waals surface area contributed by atoms with Crippen molar-refractivity contribution < 1.29 is 4.74 Å². The van der Waals surface area contributed by atoms with Crippen molar-refractivity contribution in [3.05, 3.63) is 57.5 Å². The zero-order valence-corrected chi connectivity index (χ0v) is 12.5. The highest BCUT2D eigenvalue weighted by molar-refractivity contribution is 9.10. The lowest BCUT2D eigenvalue weighted by Gasteiger charge is -2.14. The molecule has 0 bridgehead atoms. The van der Waals surface area contributed by atoms with Crippen molar-refractivity contribution in [3.63, 3.8) is 0 Å². The van der Waals surface area contributed by atoms with Crippen LogP contribution in [-0.4, -0.2) is 12.6 Å². The van der Waals surface area contributed by atoms with E-state index in [1.807, 2.05) is 36.4 Å². The fourth-order valence-electron chi connectivity index (χ4n) is 2.22. The maximum Gasteiger partial charge on any atom is 0.123 e. The second kappa shape index (κ2) is 5.43. The molecule has 2 aromatic rings. The van der Waals surface area contributed by atoms with Crippen LogP contribution in [0.4, 0.5) is 5.69 Å². The molecule has 1 heterocycles. The van der Waals surface area contributed by atoms with Gasteiger partial charge in [-0.1, -0.05) is 29.8 Å². The van der Waals surface area contributed by atoms with Crippen LogP contribution in [-0.2, 0) is 6.42 Å². The van der Waals surface area contributed by atoms with E-state index >= 15 is 0 Å². The molecular weight excluding hydrogens is 326 g/mol. The summed E-state index contributed by atoms with van der Waals surface area (Å²) < 4.78 is 6.89. The molecule has 0 spiro atoms. The molecule has 0 radical (unpaired) electrons. The molecule has 0 saturated carbocycles. The van der Waals surface area contributed by atoms with Crippen molar-refractivity contribution in [3.8, 4) is 5.75 Å². The van der Waals surface area contributed by atoms with Crippen LogP contribution >= 0.6 is 27.5 Å². The molecule has 1 unspecified atom stereocenters. The number of halogens is 2. The molecule has 4 heteroatoms. The molecule has 2 aromatic carbocycles. The Bertz CT molecular complexity index is 577. The molecule has 0 fully saturated rings. The third-order valence-corrected chi connectivity index (χ3v) is 4.09. The Kier molecular flexibility index (Phi) is 3.67. The van der Waals surface area contributed by atoms with Gasteiger partial charge in [0.1, 0.15) is 11.9 Å². The molecule has 1 aliphatic heterocycles. The minimum absolute atomic E-state index is 0.170. The largest absolute Gasteiger partial charge is 0.488 e. The molecule has 98 valence electrons. The molecule has 0 amide bonds. The van der Waals surface area contributed by atoms with Crippen molar-refractivity contribution in [1.82, 2.24) is 0 Å². The van der Waals surface area contributed by atoms with E-state index < -0.39 is 0 Å². The van der Waals surface area contributed by atoms with Gasteiger partial charge in [0.2, 0.25) is 0 Å². The molecule has 3 rings (SSSR count). The predicted molar refractivity (Wildman–Crippen MR) is 82.2 cm³/mol. The number of fused-ring (bicyclic) bond motifs is 1. The van der Waals surface area contributed by atoms with Crippen LogP contribution in [0.3, 0.4) is 0 Å². The molecule has 19 heavy (non-hydrogen) atoms. The van der Waals surface area contributed by atoms with Crippen LogP contribution in [0.25, 0.3) is 0 Å². The first-order valence-electron chi connectivity index (χ1n) is 6.16. The molecule has 1 aliphatic rings. The van der Waals surface area contributed by atoms with E-state index in [0.29, 0.717) is 0 Å². The Balaban J connectivity index is 1.64. The number of benzene rings is 2. The summed E-state index contributed by atoms with van der Waals surface area (Å²) >= 11 is 9.50. The van der Waals surface area contributed by atoms with Crippen LogP contribution in [0.15, 0.2) is 46.9 Å². The lowest BCUT2D eigenvalue weighted by molar-refractivity contribution is 0.246. The number of ether oxygens (including phenoxy) is 1. The summed E-state index contributed by atoms with van der Waals surface area (Å²) in [6, 6.07) is 13.9. The topological polar surface area (TPSA) is 21.3 Å². The van der Waals surface area contributed by atoms with Gasteiger partial charge in [-0.3, -0.25) is 0 Å². The number of hydrogen-bond acceptors (Lipinski definition) is 2. The fraction of sp³-hybridized carbons (Fsp3) is 0.200. The summed E-state index contributed by atoms with van der Waals surface area (Å²) in [6.07, 6.45) is 1.12. The van der Waals surface area contributed by atoms with Gasteiger partial charge in [0.15, 0.2) is 0 Å². The minimum atomic E-state index is 0.170. The van der Waals surface area contributed by atoms with Crippen LogP contribution in [0.5, 0.6) is 5.75 Å². The monoisotopic (exact) mass is 337 g/mol. The first-order valence-corrected chi connectivity index (χ1v) is 7.33. The van der Waals surface area contributed by atoms with E-state index in [2.05, 4.69) is 27.3 Å². The lowest BCUT2D eigenvalue weighted by atomic mass is 10.1. The number of anilines is 1. The summed E-state index contributed by atoms with van der Waals surface area (Å²) in [5, 5.41) is 4.10. The van der Waals surface area contributed by atoms with Gasteiger partial charge in [0, 0.05) is 15.9 Å². The van der Waals surface area contributed by atoms with Crippen LogP contribution < -0.4 is 10.1 Å². The van der Waals surface area contributed by atoms with Crippen molar-refractivity contribution in [2.24, 2.45) is 0 Å². The minimum Gasteiger partial charge on any atom is -0.488 e. The number of nitrogens with one attached hydrogen (secondary N) is 1. The summed E-state index contributed by atoms with van der Waals surface area (Å²) in [4.78, 5) is 0. The smallest absolute Gasteiger partial charge is 0.123 e. The lowest BCUT2D eigenvalue weighted by Crippen LogP contribution is -2.24. The van der Waals surface area contributed by atoms with Gasteiger partial charge < -0.3 is 10.1 Å². The Morgan fingerprint density at radius 3 is 2.95 bits per heavy atom. The summed E-state index contributed by atoms with van der Waals surface area (Å²) in [5.41, 5.74) is 2.27. The number of hydrogen-bond donors (Lipinski definition) is 1. The van der Waals surface area contributed by atoms with E-state index in [4.69, 9.17) is 16.3 Å². The van der Waals surface area contributed by atoms with Crippen LogP contribution in [0.2, 0.25) is 5.02 Å². The zero-order chi connectivity index (χ0) is 13.2. The average Bonchev–Trinajstić information content (AvgIpc) is 2.82. The Morgan fingerprint density at radius 1 is 1.26 bits per heavy atom. The van der Waals surface area contributed by atoms with E-state index in [1.165, 1.54) is 5.56 Å². The van der Waals surface area contributed by atoms with Crippen molar-refractivity contribution in [1.29, 1.82) is 0 Å². The first-order chi connectivity index (χ1) is 9.22. The van der Waals surface area contributed by atoms with Crippen LogP contribution in [0.1, 0.15) is 5.56 Å². The molecular formula is C15H13BrClNO. The second-order valence-electron chi connectivity index (χ2n) is 4.56. The number of rotatable bonds is 3. The number of para-hydroxylation sites is 1. The quantitative estimate of drug-likeness (QED) is 0.888. The maximum atomic E-state index is 5.99. The molecule has 1 atom stereocenters. The van der Waals surface area contributed by atoms with E-state index in [-0.39, 0.29) is 6.10 Å². The van der Waals surface area contributed by atoms with Gasteiger partial charge in [-0.15, -0.1) is 0 Å². The molecule has 0 saturated heterocycles. The summed E-state index contributed by atoms with van der Waals surface area (Å²) in [7, 11) is 0. The predicted octanol–water partition coefficient (Wildman–Crippen LogP) is 4.52. The van der Waals surface area contributed by atoms with Gasteiger partial charge in [-0.05, 0) is 45.8 Å².